The molecule has 0 aliphatic rings. The summed E-state index contributed by atoms with van der Waals surface area (Å²) in [6.07, 6.45) is 2.35. The first-order chi connectivity index (χ1) is 8.69. The number of hydrogen-bond donors (Lipinski definition) is 0. The summed E-state index contributed by atoms with van der Waals surface area (Å²) < 4.78 is 10.6. The molecule has 18 heavy (non-hydrogen) atoms. The van der Waals surface area contributed by atoms with Crippen LogP contribution in [-0.2, 0) is 13.0 Å². The van der Waals surface area contributed by atoms with Gasteiger partial charge in [-0.3, -0.25) is 4.79 Å². The molecule has 3 nitrogen and oxygen atoms in total. The van der Waals surface area contributed by atoms with Crippen molar-refractivity contribution in [3.05, 3.63) is 63.7 Å². The minimum atomic E-state index is -0.148. The molecule has 0 bridgehead atoms. The van der Waals surface area contributed by atoms with E-state index in [1.165, 1.54) is 17.9 Å². The van der Waals surface area contributed by atoms with Crippen LogP contribution >= 0.6 is 0 Å². The Morgan fingerprint density at radius 1 is 1.22 bits per heavy atom. The Kier molecular flexibility index (Phi) is 3.82. The molecule has 1 aromatic heterocycles. The van der Waals surface area contributed by atoms with Crippen LogP contribution in [0.2, 0.25) is 0 Å². The van der Waals surface area contributed by atoms with E-state index < -0.39 is 0 Å². The van der Waals surface area contributed by atoms with E-state index in [9.17, 15) is 4.79 Å². The minimum absolute atomic E-state index is 0.148. The van der Waals surface area contributed by atoms with Crippen molar-refractivity contribution >= 4 is 0 Å². The number of ether oxygens (including phenoxy) is 1. The van der Waals surface area contributed by atoms with Gasteiger partial charge in [0.05, 0.1) is 0 Å². The molecule has 0 radical (unpaired) electrons. The molecule has 0 N–H and O–H groups in total. The van der Waals surface area contributed by atoms with Gasteiger partial charge in [-0.1, -0.05) is 31.2 Å². The van der Waals surface area contributed by atoms with E-state index in [1.54, 1.807) is 6.92 Å². The number of benzene rings is 1. The minimum Gasteiger partial charge on any atom is -0.482 e. The molecule has 2 aromatic rings. The molecular weight excluding hydrogens is 228 g/mol. The van der Waals surface area contributed by atoms with Crippen molar-refractivity contribution in [3.63, 3.8) is 0 Å². The fourth-order valence-corrected chi connectivity index (χ4v) is 1.70. The summed E-state index contributed by atoms with van der Waals surface area (Å²) >= 11 is 0. The van der Waals surface area contributed by atoms with Crippen molar-refractivity contribution in [1.29, 1.82) is 0 Å². The Labute approximate surface area is 106 Å². The normalized spacial score (nSPS) is 10.3. The van der Waals surface area contributed by atoms with E-state index >= 15 is 0 Å². The van der Waals surface area contributed by atoms with Crippen molar-refractivity contribution in [2.75, 3.05) is 0 Å². The summed E-state index contributed by atoms with van der Waals surface area (Å²) in [6.45, 7) is 4.21. The lowest BCUT2D eigenvalue weighted by atomic mass is 10.1. The summed E-state index contributed by atoms with van der Waals surface area (Å²) in [6, 6.07) is 9.56. The van der Waals surface area contributed by atoms with E-state index in [4.69, 9.17) is 9.15 Å². The molecule has 3 heteroatoms. The van der Waals surface area contributed by atoms with Crippen molar-refractivity contribution in [2.24, 2.45) is 0 Å². The highest BCUT2D eigenvalue weighted by molar-refractivity contribution is 5.24. The van der Waals surface area contributed by atoms with Crippen molar-refractivity contribution in [2.45, 2.75) is 26.9 Å². The van der Waals surface area contributed by atoms with E-state index in [1.807, 2.05) is 12.1 Å². The molecule has 0 spiro atoms. The predicted octanol–water partition coefficient (Wildman–Crippen LogP) is 3.09. The van der Waals surface area contributed by atoms with Gasteiger partial charge in [-0.05, 0) is 24.5 Å². The second-order valence-corrected chi connectivity index (χ2v) is 4.18. The highest BCUT2D eigenvalue weighted by atomic mass is 16.5. The zero-order chi connectivity index (χ0) is 13.0. The third-order valence-electron chi connectivity index (χ3n) is 2.72. The molecule has 0 amide bonds. The average Bonchev–Trinajstić information content (AvgIpc) is 2.38. The zero-order valence-corrected chi connectivity index (χ0v) is 10.6. The SMILES string of the molecule is CCc1cccc(COc2coc(C)cc2=O)c1. The standard InChI is InChI=1S/C15H16O3/c1-3-12-5-4-6-13(8-12)9-18-15-10-17-11(2)7-14(15)16/h4-8,10H,3,9H2,1-2H3. The summed E-state index contributed by atoms with van der Waals surface area (Å²) in [5.41, 5.74) is 2.16. The lowest BCUT2D eigenvalue weighted by Crippen LogP contribution is -2.07. The fraction of sp³-hybridized carbons (Fsp3) is 0.267. The van der Waals surface area contributed by atoms with Crippen LogP contribution in [-0.4, -0.2) is 0 Å². The Bertz CT molecular complexity index is 584. The Morgan fingerprint density at radius 3 is 2.72 bits per heavy atom. The number of rotatable bonds is 4. The fourth-order valence-electron chi connectivity index (χ4n) is 1.70. The van der Waals surface area contributed by atoms with E-state index in [0.717, 1.165) is 12.0 Å². The van der Waals surface area contributed by atoms with E-state index in [0.29, 0.717) is 12.4 Å². The van der Waals surface area contributed by atoms with Crippen LogP contribution in [0, 0.1) is 6.92 Å². The first kappa shape index (κ1) is 12.4. The Hall–Kier alpha value is -2.03. The van der Waals surface area contributed by atoms with Gasteiger partial charge in [0, 0.05) is 6.07 Å². The molecule has 1 aromatic carbocycles. The molecule has 0 saturated heterocycles. The van der Waals surface area contributed by atoms with Crippen LogP contribution in [0.4, 0.5) is 0 Å². The molecular formula is C15H16O3. The largest absolute Gasteiger partial charge is 0.482 e. The van der Waals surface area contributed by atoms with Gasteiger partial charge in [0.15, 0.2) is 0 Å². The smallest absolute Gasteiger partial charge is 0.226 e. The van der Waals surface area contributed by atoms with Crippen molar-refractivity contribution in [3.8, 4) is 5.75 Å². The lowest BCUT2D eigenvalue weighted by Gasteiger charge is -2.06. The van der Waals surface area contributed by atoms with Crippen LogP contribution < -0.4 is 10.2 Å². The second kappa shape index (κ2) is 5.54. The average molecular weight is 244 g/mol. The van der Waals surface area contributed by atoms with Gasteiger partial charge in [-0.2, -0.15) is 0 Å². The first-order valence-corrected chi connectivity index (χ1v) is 5.99. The zero-order valence-electron chi connectivity index (χ0n) is 10.6. The van der Waals surface area contributed by atoms with Crippen LogP contribution in [0.15, 0.2) is 45.8 Å². The summed E-state index contributed by atoms with van der Waals surface area (Å²) in [4.78, 5) is 11.6. The highest BCUT2D eigenvalue weighted by Crippen LogP contribution is 2.10. The summed E-state index contributed by atoms with van der Waals surface area (Å²) in [7, 11) is 0. The van der Waals surface area contributed by atoms with Crippen LogP contribution in [0.3, 0.4) is 0 Å². The molecule has 0 saturated carbocycles. The molecule has 94 valence electrons. The maximum Gasteiger partial charge on any atom is 0.226 e. The number of hydrogen-bond acceptors (Lipinski definition) is 3. The molecule has 0 atom stereocenters. The van der Waals surface area contributed by atoms with Gasteiger partial charge in [0.25, 0.3) is 0 Å². The predicted molar refractivity (Wildman–Crippen MR) is 69.9 cm³/mol. The monoisotopic (exact) mass is 244 g/mol. The molecule has 0 fully saturated rings. The van der Waals surface area contributed by atoms with Gasteiger partial charge >= 0.3 is 0 Å². The van der Waals surface area contributed by atoms with Crippen LogP contribution in [0.5, 0.6) is 5.75 Å². The topological polar surface area (TPSA) is 39.4 Å². The highest BCUT2D eigenvalue weighted by Gasteiger charge is 2.03. The maximum absolute atomic E-state index is 11.6. The van der Waals surface area contributed by atoms with Gasteiger partial charge in [0.2, 0.25) is 11.2 Å². The summed E-state index contributed by atoms with van der Waals surface area (Å²) in [5, 5.41) is 0. The first-order valence-electron chi connectivity index (χ1n) is 5.99. The number of aryl methyl sites for hydroxylation is 2. The Morgan fingerprint density at radius 2 is 2.00 bits per heavy atom. The van der Waals surface area contributed by atoms with Crippen molar-refractivity contribution < 1.29 is 9.15 Å². The Balaban J connectivity index is 2.09. The quantitative estimate of drug-likeness (QED) is 0.829. The van der Waals surface area contributed by atoms with Crippen LogP contribution in [0.25, 0.3) is 0 Å². The third kappa shape index (κ3) is 3.00. The third-order valence-corrected chi connectivity index (χ3v) is 2.72. The van der Waals surface area contributed by atoms with E-state index in [2.05, 4.69) is 19.1 Å². The van der Waals surface area contributed by atoms with Gasteiger partial charge in [-0.25, -0.2) is 0 Å². The van der Waals surface area contributed by atoms with Crippen molar-refractivity contribution in [1.82, 2.24) is 0 Å². The van der Waals surface area contributed by atoms with Gasteiger partial charge in [0.1, 0.15) is 18.6 Å². The molecule has 0 aliphatic carbocycles. The van der Waals surface area contributed by atoms with Gasteiger partial charge in [-0.15, -0.1) is 0 Å². The van der Waals surface area contributed by atoms with Gasteiger partial charge < -0.3 is 9.15 Å². The molecule has 2 rings (SSSR count). The lowest BCUT2D eigenvalue weighted by molar-refractivity contribution is 0.290. The summed E-state index contributed by atoms with van der Waals surface area (Å²) in [5.74, 6) is 0.836. The maximum atomic E-state index is 11.6. The van der Waals surface area contributed by atoms with E-state index in [-0.39, 0.29) is 11.2 Å². The second-order valence-electron chi connectivity index (χ2n) is 4.18. The molecule has 0 aliphatic heterocycles. The molecule has 0 unspecified atom stereocenters. The van der Waals surface area contributed by atoms with Crippen LogP contribution in [0.1, 0.15) is 23.8 Å². The molecule has 1 heterocycles.